The third-order valence-corrected chi connectivity index (χ3v) is 3.20. The molecule has 0 saturated carbocycles. The maximum absolute atomic E-state index is 12.9. The lowest BCUT2D eigenvalue weighted by atomic mass is 10.1. The molecule has 0 amide bonds. The van der Waals surface area contributed by atoms with Crippen LogP contribution in [0, 0.1) is 6.92 Å². The van der Waals surface area contributed by atoms with Gasteiger partial charge in [-0.3, -0.25) is 9.38 Å². The molecule has 3 heterocycles. The number of hydrogen-bond donors (Lipinski definition) is 1. The van der Waals surface area contributed by atoms with Crippen LogP contribution in [0.4, 0.5) is 14.7 Å². The molecule has 0 aliphatic heterocycles. The summed E-state index contributed by atoms with van der Waals surface area (Å²) in [4.78, 5) is 7.77. The number of hydrogen-bond acceptors (Lipinski definition) is 5. The van der Waals surface area contributed by atoms with Crippen molar-refractivity contribution in [2.75, 3.05) is 5.73 Å². The van der Waals surface area contributed by atoms with Gasteiger partial charge in [-0.05, 0) is 24.6 Å². The van der Waals surface area contributed by atoms with Crippen LogP contribution in [-0.4, -0.2) is 24.6 Å². The summed E-state index contributed by atoms with van der Waals surface area (Å²) >= 11 is 6.10. The molecule has 0 unspecified atom stereocenters. The molecule has 0 radical (unpaired) electrons. The number of alkyl halides is 2. The molecule has 0 aliphatic carbocycles. The molecule has 108 valence electrons. The molecule has 0 fully saturated rings. The lowest BCUT2D eigenvalue weighted by Gasteiger charge is -2.10. The van der Waals surface area contributed by atoms with Crippen molar-refractivity contribution in [3.63, 3.8) is 0 Å². The zero-order chi connectivity index (χ0) is 15.1. The number of pyridine rings is 1. The quantitative estimate of drug-likeness (QED) is 0.736. The summed E-state index contributed by atoms with van der Waals surface area (Å²) in [7, 11) is 0. The van der Waals surface area contributed by atoms with E-state index in [0.717, 1.165) is 0 Å². The molecular formula is C12H9ClF2N6. The number of nitrogen functional groups attached to an aromatic ring is 1. The van der Waals surface area contributed by atoms with Crippen molar-refractivity contribution in [1.29, 1.82) is 0 Å². The second-order valence-electron chi connectivity index (χ2n) is 4.38. The normalized spacial score (nSPS) is 11.5. The fourth-order valence-corrected chi connectivity index (χ4v) is 2.35. The Kier molecular flexibility index (Phi) is 3.17. The molecule has 3 rings (SSSR count). The lowest BCUT2D eigenvalue weighted by molar-refractivity contribution is 0.146. The van der Waals surface area contributed by atoms with Crippen LogP contribution < -0.4 is 5.73 Å². The van der Waals surface area contributed by atoms with Crippen molar-refractivity contribution in [2.24, 2.45) is 0 Å². The van der Waals surface area contributed by atoms with E-state index in [1.807, 2.05) is 0 Å². The van der Waals surface area contributed by atoms with E-state index in [1.54, 1.807) is 13.0 Å². The van der Waals surface area contributed by atoms with Gasteiger partial charge in [0.05, 0.1) is 5.56 Å². The second kappa shape index (κ2) is 4.88. The van der Waals surface area contributed by atoms with Crippen LogP contribution in [0.3, 0.4) is 0 Å². The minimum Gasteiger partial charge on any atom is -0.369 e. The van der Waals surface area contributed by atoms with Gasteiger partial charge >= 0.3 is 0 Å². The van der Waals surface area contributed by atoms with Crippen LogP contribution in [-0.2, 0) is 0 Å². The van der Waals surface area contributed by atoms with Gasteiger partial charge in [-0.2, -0.15) is 0 Å². The van der Waals surface area contributed by atoms with E-state index in [1.165, 1.54) is 16.8 Å². The minimum atomic E-state index is -2.68. The Morgan fingerprint density at radius 1 is 1.29 bits per heavy atom. The van der Waals surface area contributed by atoms with Crippen molar-refractivity contribution in [2.45, 2.75) is 13.3 Å². The molecule has 9 heteroatoms. The van der Waals surface area contributed by atoms with Crippen molar-refractivity contribution in [3.8, 4) is 11.1 Å². The van der Waals surface area contributed by atoms with Gasteiger partial charge in [0.1, 0.15) is 17.2 Å². The van der Waals surface area contributed by atoms with Crippen molar-refractivity contribution in [1.82, 2.24) is 24.6 Å². The zero-order valence-corrected chi connectivity index (χ0v) is 11.5. The molecule has 21 heavy (non-hydrogen) atoms. The van der Waals surface area contributed by atoms with Crippen molar-refractivity contribution in [3.05, 3.63) is 35.0 Å². The first-order valence-electron chi connectivity index (χ1n) is 5.89. The van der Waals surface area contributed by atoms with Crippen LogP contribution in [0.5, 0.6) is 0 Å². The molecule has 0 saturated heterocycles. The van der Waals surface area contributed by atoms with E-state index in [0.29, 0.717) is 22.5 Å². The summed E-state index contributed by atoms with van der Waals surface area (Å²) in [6.07, 6.45) is -1.31. The van der Waals surface area contributed by atoms with E-state index in [9.17, 15) is 8.78 Å². The Morgan fingerprint density at radius 2 is 2.05 bits per heavy atom. The number of fused-ring (bicyclic) bond motifs is 1. The number of nitrogens with zero attached hydrogens (tertiary/aromatic N) is 5. The van der Waals surface area contributed by atoms with E-state index >= 15 is 0 Å². The predicted octanol–water partition coefficient (Wildman–Crippen LogP) is 2.67. The average molecular weight is 311 g/mol. The van der Waals surface area contributed by atoms with Crippen LogP contribution in [0.15, 0.2) is 18.5 Å². The molecule has 3 aromatic rings. The first-order chi connectivity index (χ1) is 9.97. The zero-order valence-electron chi connectivity index (χ0n) is 10.8. The highest BCUT2D eigenvalue weighted by atomic mass is 35.5. The Balaban J connectivity index is 2.33. The van der Waals surface area contributed by atoms with Crippen molar-refractivity contribution >= 4 is 23.2 Å². The summed E-state index contributed by atoms with van der Waals surface area (Å²) < 4.78 is 27.2. The summed E-state index contributed by atoms with van der Waals surface area (Å²) in [6.45, 7) is 1.62. The van der Waals surface area contributed by atoms with Crippen LogP contribution in [0.25, 0.3) is 16.8 Å². The molecule has 0 spiro atoms. The molecule has 2 N–H and O–H groups in total. The smallest absolute Gasteiger partial charge is 0.280 e. The van der Waals surface area contributed by atoms with Gasteiger partial charge in [0, 0.05) is 5.69 Å². The van der Waals surface area contributed by atoms with Gasteiger partial charge in [0.2, 0.25) is 5.95 Å². The van der Waals surface area contributed by atoms with E-state index < -0.39 is 6.43 Å². The Labute approximate surface area is 122 Å². The largest absolute Gasteiger partial charge is 0.369 e. The summed E-state index contributed by atoms with van der Waals surface area (Å²) in [5.41, 5.74) is 6.98. The predicted molar refractivity (Wildman–Crippen MR) is 73.1 cm³/mol. The Bertz CT molecular complexity index is 832. The SMILES string of the molecule is Cc1cc(-c2c(Cl)nc(N)n3cnnc23)cc(C(F)F)n1. The summed E-state index contributed by atoms with van der Waals surface area (Å²) in [6, 6.07) is 2.88. The molecular weight excluding hydrogens is 302 g/mol. The van der Waals surface area contributed by atoms with E-state index in [-0.39, 0.29) is 16.8 Å². The van der Waals surface area contributed by atoms with Gasteiger partial charge in [-0.1, -0.05) is 11.6 Å². The van der Waals surface area contributed by atoms with Gasteiger partial charge in [-0.15, -0.1) is 10.2 Å². The number of halogens is 3. The van der Waals surface area contributed by atoms with Gasteiger partial charge in [0.25, 0.3) is 6.43 Å². The third kappa shape index (κ3) is 2.27. The third-order valence-electron chi connectivity index (χ3n) is 2.92. The van der Waals surface area contributed by atoms with Crippen LogP contribution >= 0.6 is 11.6 Å². The Hall–Kier alpha value is -2.35. The molecule has 0 aromatic carbocycles. The minimum absolute atomic E-state index is 0.0683. The molecule has 6 nitrogen and oxygen atoms in total. The van der Waals surface area contributed by atoms with E-state index in [2.05, 4.69) is 20.2 Å². The number of rotatable bonds is 2. The first kappa shape index (κ1) is 13.6. The van der Waals surface area contributed by atoms with E-state index in [4.69, 9.17) is 17.3 Å². The average Bonchev–Trinajstić information content (AvgIpc) is 2.87. The fraction of sp³-hybridized carbons (Fsp3) is 0.167. The maximum atomic E-state index is 12.9. The second-order valence-corrected chi connectivity index (χ2v) is 4.74. The number of anilines is 1. The highest BCUT2D eigenvalue weighted by Gasteiger charge is 2.18. The lowest BCUT2D eigenvalue weighted by Crippen LogP contribution is -2.03. The number of aryl methyl sites for hydroxylation is 1. The fourth-order valence-electron chi connectivity index (χ4n) is 2.07. The number of aromatic nitrogens is 5. The first-order valence-corrected chi connectivity index (χ1v) is 6.27. The van der Waals surface area contributed by atoms with Crippen LogP contribution in [0.1, 0.15) is 17.8 Å². The highest BCUT2D eigenvalue weighted by molar-refractivity contribution is 6.33. The van der Waals surface area contributed by atoms with Crippen molar-refractivity contribution < 1.29 is 8.78 Å². The molecule has 0 atom stereocenters. The van der Waals surface area contributed by atoms with Gasteiger partial charge in [0.15, 0.2) is 5.65 Å². The standard InChI is InChI=1S/C12H9ClF2N6/c1-5-2-6(3-7(18-5)10(14)15)8-9(13)19-12(16)21-4-17-20-11(8)21/h2-4,10H,1H3,(H2,16,19). The molecule has 0 bridgehead atoms. The summed E-state index contributed by atoms with van der Waals surface area (Å²) in [5, 5.41) is 7.73. The van der Waals surface area contributed by atoms with Crippen LogP contribution in [0.2, 0.25) is 5.15 Å². The number of nitrogens with two attached hydrogens (primary N) is 1. The monoisotopic (exact) mass is 310 g/mol. The van der Waals surface area contributed by atoms with Gasteiger partial charge in [-0.25, -0.2) is 13.8 Å². The molecule has 0 aliphatic rings. The maximum Gasteiger partial charge on any atom is 0.280 e. The Morgan fingerprint density at radius 3 is 2.76 bits per heavy atom. The highest BCUT2D eigenvalue weighted by Crippen LogP contribution is 2.33. The van der Waals surface area contributed by atoms with Gasteiger partial charge < -0.3 is 5.73 Å². The topological polar surface area (TPSA) is 82.0 Å². The molecule has 3 aromatic heterocycles. The summed E-state index contributed by atoms with van der Waals surface area (Å²) in [5.74, 6) is 0.114.